The minimum atomic E-state index is -4.38. The fourth-order valence-corrected chi connectivity index (χ4v) is 2.89. The summed E-state index contributed by atoms with van der Waals surface area (Å²) >= 11 is 0. The van der Waals surface area contributed by atoms with E-state index in [9.17, 15) is 18.0 Å². The minimum absolute atomic E-state index is 0.0982. The third-order valence-corrected chi connectivity index (χ3v) is 4.36. The van der Waals surface area contributed by atoms with E-state index in [1.165, 1.54) is 18.2 Å². The molecule has 1 amide bonds. The number of pyridine rings is 1. The molecule has 1 aliphatic heterocycles. The van der Waals surface area contributed by atoms with Gasteiger partial charge in [0.2, 0.25) is 11.8 Å². The molecular formula is C20H19F3N2O3. The summed E-state index contributed by atoms with van der Waals surface area (Å²) in [5, 5.41) is 0. The zero-order chi connectivity index (χ0) is 20.1. The molecular weight excluding hydrogens is 373 g/mol. The Morgan fingerprint density at radius 3 is 2.50 bits per heavy atom. The van der Waals surface area contributed by atoms with Gasteiger partial charge in [0.25, 0.3) is 0 Å². The van der Waals surface area contributed by atoms with Crippen molar-refractivity contribution in [1.29, 1.82) is 0 Å². The van der Waals surface area contributed by atoms with Crippen LogP contribution in [0.3, 0.4) is 0 Å². The second kappa shape index (κ2) is 8.43. The third-order valence-electron chi connectivity index (χ3n) is 4.36. The number of hydrogen-bond acceptors (Lipinski definition) is 4. The number of nitrogens with zero attached hydrogens (tertiary/aromatic N) is 2. The first-order valence-corrected chi connectivity index (χ1v) is 8.63. The Kier molecular flexibility index (Phi) is 5.99. The average Bonchev–Trinajstić information content (AvgIpc) is 3.09. The van der Waals surface area contributed by atoms with Crippen LogP contribution in [0.4, 0.5) is 13.2 Å². The molecule has 0 aliphatic carbocycles. The number of rotatable bonds is 6. The van der Waals surface area contributed by atoms with Gasteiger partial charge in [-0.2, -0.15) is 13.2 Å². The summed E-state index contributed by atoms with van der Waals surface area (Å²) < 4.78 is 49.7. The summed E-state index contributed by atoms with van der Waals surface area (Å²) in [6.45, 7) is 4.18. The Balaban J connectivity index is 1.66. The van der Waals surface area contributed by atoms with Crippen LogP contribution < -0.4 is 4.74 Å². The Morgan fingerprint density at radius 1 is 1.18 bits per heavy atom. The Labute approximate surface area is 160 Å². The molecule has 1 aromatic heterocycles. The lowest BCUT2D eigenvalue weighted by Gasteiger charge is -2.19. The van der Waals surface area contributed by atoms with Gasteiger partial charge in [-0.1, -0.05) is 24.8 Å². The van der Waals surface area contributed by atoms with Crippen LogP contribution in [0.15, 0.2) is 61.3 Å². The van der Waals surface area contributed by atoms with E-state index in [-0.39, 0.29) is 12.5 Å². The quantitative estimate of drug-likeness (QED) is 0.707. The predicted molar refractivity (Wildman–Crippen MR) is 95.5 cm³/mol. The third kappa shape index (κ3) is 4.89. The number of alkyl halides is 3. The van der Waals surface area contributed by atoms with Crippen molar-refractivity contribution in [3.63, 3.8) is 0 Å². The lowest BCUT2D eigenvalue weighted by molar-refractivity contribution is -0.137. The zero-order valence-corrected chi connectivity index (χ0v) is 14.9. The molecule has 1 aromatic carbocycles. The van der Waals surface area contributed by atoms with Crippen LogP contribution >= 0.6 is 0 Å². The van der Waals surface area contributed by atoms with Gasteiger partial charge < -0.3 is 14.4 Å². The molecule has 1 saturated heterocycles. The van der Waals surface area contributed by atoms with Gasteiger partial charge in [0.05, 0.1) is 25.3 Å². The number of halogens is 3. The van der Waals surface area contributed by atoms with Crippen LogP contribution in [0, 0.1) is 0 Å². The van der Waals surface area contributed by atoms with Crippen LogP contribution in [0.2, 0.25) is 0 Å². The van der Waals surface area contributed by atoms with Gasteiger partial charge in [0.1, 0.15) is 12.2 Å². The van der Waals surface area contributed by atoms with E-state index in [0.29, 0.717) is 24.5 Å². The maximum absolute atomic E-state index is 12.7. The van der Waals surface area contributed by atoms with Crippen molar-refractivity contribution in [2.24, 2.45) is 0 Å². The van der Waals surface area contributed by atoms with E-state index in [1.807, 2.05) is 0 Å². The highest BCUT2D eigenvalue weighted by Gasteiger charge is 2.37. The molecule has 0 saturated carbocycles. The van der Waals surface area contributed by atoms with Crippen molar-refractivity contribution >= 4 is 5.91 Å². The van der Waals surface area contributed by atoms with Crippen LogP contribution in [-0.4, -0.2) is 41.1 Å². The van der Waals surface area contributed by atoms with Gasteiger partial charge in [-0.25, -0.2) is 4.98 Å². The molecule has 148 valence electrons. The maximum atomic E-state index is 12.7. The SMILES string of the molecule is C=CC(=O)N1C[C@@H](OCc2ccc(C(F)(F)F)cc2)[C@H](Oc2ccccn2)C1. The number of carbonyl (C=O) groups is 1. The second-order valence-electron chi connectivity index (χ2n) is 6.32. The van der Waals surface area contributed by atoms with Crippen molar-refractivity contribution in [2.45, 2.75) is 25.0 Å². The molecule has 2 atom stereocenters. The summed E-state index contributed by atoms with van der Waals surface area (Å²) in [6.07, 6.45) is -2.47. The fraction of sp³-hybridized carbons (Fsp3) is 0.300. The van der Waals surface area contributed by atoms with Crippen molar-refractivity contribution < 1.29 is 27.4 Å². The number of hydrogen-bond donors (Lipinski definition) is 0. The van der Waals surface area contributed by atoms with Crippen molar-refractivity contribution in [3.05, 3.63) is 72.4 Å². The second-order valence-corrected chi connectivity index (χ2v) is 6.32. The smallest absolute Gasteiger partial charge is 0.416 e. The number of likely N-dealkylation sites (tertiary alicyclic amines) is 1. The summed E-state index contributed by atoms with van der Waals surface area (Å²) in [5.41, 5.74) is -0.116. The molecule has 2 aromatic rings. The topological polar surface area (TPSA) is 51.7 Å². The lowest BCUT2D eigenvalue weighted by atomic mass is 10.1. The normalized spacial score (nSPS) is 19.5. The number of ether oxygens (including phenoxy) is 2. The maximum Gasteiger partial charge on any atom is 0.416 e. The predicted octanol–water partition coefficient (Wildman–Crippen LogP) is 3.46. The first kappa shape index (κ1) is 19.9. The van der Waals surface area contributed by atoms with E-state index in [2.05, 4.69) is 11.6 Å². The van der Waals surface area contributed by atoms with E-state index < -0.39 is 23.9 Å². The van der Waals surface area contributed by atoms with Crippen molar-refractivity contribution in [1.82, 2.24) is 9.88 Å². The lowest BCUT2D eigenvalue weighted by Crippen LogP contribution is -2.32. The average molecular weight is 392 g/mol. The molecule has 0 radical (unpaired) electrons. The molecule has 1 aliphatic rings. The molecule has 3 rings (SSSR count). The van der Waals surface area contributed by atoms with Crippen LogP contribution in [-0.2, 0) is 22.3 Å². The number of amides is 1. The first-order chi connectivity index (χ1) is 13.4. The summed E-state index contributed by atoms with van der Waals surface area (Å²) in [5.74, 6) is 0.166. The number of aromatic nitrogens is 1. The highest BCUT2D eigenvalue weighted by molar-refractivity contribution is 5.87. The highest BCUT2D eigenvalue weighted by atomic mass is 19.4. The fourth-order valence-electron chi connectivity index (χ4n) is 2.89. The Bertz CT molecular complexity index is 810. The highest BCUT2D eigenvalue weighted by Crippen LogP contribution is 2.29. The molecule has 28 heavy (non-hydrogen) atoms. The molecule has 5 nitrogen and oxygen atoms in total. The summed E-state index contributed by atoms with van der Waals surface area (Å²) in [4.78, 5) is 17.6. The van der Waals surface area contributed by atoms with Gasteiger partial charge in [-0.05, 0) is 29.8 Å². The van der Waals surface area contributed by atoms with Gasteiger partial charge in [-0.3, -0.25) is 4.79 Å². The van der Waals surface area contributed by atoms with Crippen LogP contribution in [0.5, 0.6) is 5.88 Å². The summed E-state index contributed by atoms with van der Waals surface area (Å²) in [6, 6.07) is 10.0. The number of carbonyl (C=O) groups excluding carboxylic acids is 1. The molecule has 2 heterocycles. The zero-order valence-electron chi connectivity index (χ0n) is 14.9. The van der Waals surface area contributed by atoms with Crippen molar-refractivity contribution in [3.8, 4) is 5.88 Å². The Hall–Kier alpha value is -2.87. The van der Waals surface area contributed by atoms with E-state index in [1.54, 1.807) is 29.3 Å². The molecule has 0 unspecified atom stereocenters. The van der Waals surface area contributed by atoms with Crippen LogP contribution in [0.1, 0.15) is 11.1 Å². The molecule has 0 spiro atoms. The van der Waals surface area contributed by atoms with Crippen molar-refractivity contribution in [2.75, 3.05) is 13.1 Å². The number of benzene rings is 1. The van der Waals surface area contributed by atoms with Gasteiger partial charge >= 0.3 is 6.18 Å². The molecule has 8 heteroatoms. The van der Waals surface area contributed by atoms with E-state index in [4.69, 9.17) is 9.47 Å². The Morgan fingerprint density at radius 2 is 1.89 bits per heavy atom. The standard InChI is InChI=1S/C20H19F3N2O3/c1-2-19(26)25-11-16(17(12-25)28-18-5-3-4-10-24-18)27-13-14-6-8-15(9-7-14)20(21,22)23/h2-10,16-17H,1,11-13H2/t16-,17-/m1/s1. The van der Waals surface area contributed by atoms with E-state index >= 15 is 0 Å². The van der Waals surface area contributed by atoms with Gasteiger partial charge in [0.15, 0.2) is 0 Å². The summed E-state index contributed by atoms with van der Waals surface area (Å²) in [7, 11) is 0. The van der Waals surface area contributed by atoms with Crippen LogP contribution in [0.25, 0.3) is 0 Å². The molecule has 0 bridgehead atoms. The molecule has 1 fully saturated rings. The van der Waals surface area contributed by atoms with E-state index in [0.717, 1.165) is 12.1 Å². The molecule has 0 N–H and O–H groups in total. The monoisotopic (exact) mass is 392 g/mol. The van der Waals surface area contributed by atoms with Gasteiger partial charge in [-0.15, -0.1) is 0 Å². The first-order valence-electron chi connectivity index (χ1n) is 8.63. The minimum Gasteiger partial charge on any atom is -0.470 e. The van der Waals surface area contributed by atoms with Gasteiger partial charge in [0, 0.05) is 12.3 Å². The largest absolute Gasteiger partial charge is 0.470 e.